The van der Waals surface area contributed by atoms with Gasteiger partial charge < -0.3 is 9.72 Å². The predicted octanol–water partition coefficient (Wildman–Crippen LogP) is 2.15. The van der Waals surface area contributed by atoms with Crippen LogP contribution in [0.5, 0.6) is 0 Å². The number of hydrogen-bond donors (Lipinski definition) is 1. The van der Waals surface area contributed by atoms with E-state index in [1.807, 2.05) is 29.1 Å². The number of pyridine rings is 1. The maximum atomic E-state index is 4.29. The highest BCUT2D eigenvalue weighted by Crippen LogP contribution is 2.14. The minimum absolute atomic E-state index is 0.416. The van der Waals surface area contributed by atoms with E-state index in [4.69, 9.17) is 0 Å². The Hall–Kier alpha value is -1.51. The van der Waals surface area contributed by atoms with Gasteiger partial charge in [-0.05, 0) is 26.0 Å². The Balaban J connectivity index is 2.46. The minimum Gasteiger partial charge on any atom is -0.366 e. The average Bonchev–Trinajstić information content (AvgIpc) is 2.48. The molecule has 0 saturated heterocycles. The lowest BCUT2D eigenvalue weighted by Gasteiger charge is -2.06. The molecule has 2 heterocycles. The number of nitrogens with zero attached hydrogens (tertiary/aromatic N) is 2. The highest BCUT2D eigenvalue weighted by molar-refractivity contribution is 5.68. The van der Waals surface area contributed by atoms with Crippen LogP contribution in [-0.4, -0.2) is 15.4 Å². The van der Waals surface area contributed by atoms with Crippen LogP contribution in [0.2, 0.25) is 0 Å². The third kappa shape index (κ3) is 1.49. The molecule has 3 nitrogen and oxygen atoms in total. The van der Waals surface area contributed by atoms with Gasteiger partial charge in [-0.1, -0.05) is 6.07 Å². The van der Waals surface area contributed by atoms with Crippen molar-refractivity contribution in [2.45, 2.75) is 19.9 Å². The van der Waals surface area contributed by atoms with Gasteiger partial charge in [0, 0.05) is 12.2 Å². The summed E-state index contributed by atoms with van der Waals surface area (Å²) in [6.07, 6.45) is 3.81. The van der Waals surface area contributed by atoms with E-state index in [9.17, 15) is 0 Å². The van der Waals surface area contributed by atoms with Crippen molar-refractivity contribution in [1.82, 2.24) is 9.38 Å². The molecular formula is C10H13N3. The van der Waals surface area contributed by atoms with Crippen molar-refractivity contribution in [2.75, 3.05) is 5.32 Å². The zero-order valence-electron chi connectivity index (χ0n) is 7.86. The molecule has 0 aromatic carbocycles. The molecule has 0 aliphatic heterocycles. The molecule has 0 radical (unpaired) electrons. The van der Waals surface area contributed by atoms with Crippen LogP contribution in [0.3, 0.4) is 0 Å². The smallest absolute Gasteiger partial charge is 0.152 e. The highest BCUT2D eigenvalue weighted by Gasteiger charge is 2.02. The molecule has 0 aliphatic carbocycles. The molecule has 2 rings (SSSR count). The number of rotatable bonds is 2. The van der Waals surface area contributed by atoms with Crippen LogP contribution in [-0.2, 0) is 0 Å². The largest absolute Gasteiger partial charge is 0.366 e. The maximum absolute atomic E-state index is 4.29. The lowest BCUT2D eigenvalue weighted by molar-refractivity contribution is 0.894. The molecule has 1 N–H and O–H groups in total. The van der Waals surface area contributed by atoms with E-state index in [1.165, 1.54) is 0 Å². The van der Waals surface area contributed by atoms with Crippen molar-refractivity contribution in [1.29, 1.82) is 0 Å². The van der Waals surface area contributed by atoms with E-state index in [2.05, 4.69) is 30.2 Å². The third-order valence-corrected chi connectivity index (χ3v) is 1.87. The summed E-state index contributed by atoms with van der Waals surface area (Å²) >= 11 is 0. The summed E-state index contributed by atoms with van der Waals surface area (Å²) in [5.41, 5.74) is 1.12. The fraction of sp³-hybridized carbons (Fsp3) is 0.300. The number of nitrogens with one attached hydrogen (secondary N) is 1. The van der Waals surface area contributed by atoms with Crippen LogP contribution in [0.1, 0.15) is 13.8 Å². The fourth-order valence-electron chi connectivity index (χ4n) is 1.33. The summed E-state index contributed by atoms with van der Waals surface area (Å²) in [5, 5.41) is 3.30. The van der Waals surface area contributed by atoms with Crippen LogP contribution in [0.15, 0.2) is 30.7 Å². The van der Waals surface area contributed by atoms with Gasteiger partial charge in [-0.25, -0.2) is 4.98 Å². The second-order valence-corrected chi connectivity index (χ2v) is 3.39. The number of aromatic nitrogens is 2. The van der Waals surface area contributed by atoms with E-state index < -0.39 is 0 Å². The van der Waals surface area contributed by atoms with Crippen LogP contribution in [0.25, 0.3) is 5.52 Å². The van der Waals surface area contributed by atoms with E-state index in [0.717, 1.165) is 11.3 Å². The van der Waals surface area contributed by atoms with Crippen LogP contribution in [0.4, 0.5) is 5.82 Å². The molecular weight excluding hydrogens is 162 g/mol. The van der Waals surface area contributed by atoms with E-state index in [0.29, 0.717) is 6.04 Å². The second kappa shape index (κ2) is 3.09. The molecule has 0 bridgehead atoms. The number of fused-ring (bicyclic) bond motifs is 1. The zero-order valence-corrected chi connectivity index (χ0v) is 7.86. The Morgan fingerprint density at radius 2 is 2.23 bits per heavy atom. The first-order valence-corrected chi connectivity index (χ1v) is 4.45. The van der Waals surface area contributed by atoms with Crippen molar-refractivity contribution in [2.24, 2.45) is 0 Å². The van der Waals surface area contributed by atoms with Crippen molar-refractivity contribution in [3.63, 3.8) is 0 Å². The first-order valence-electron chi connectivity index (χ1n) is 4.45. The molecule has 0 unspecified atom stereocenters. The lowest BCUT2D eigenvalue weighted by atomic mass is 10.3. The Kier molecular flexibility index (Phi) is 1.93. The number of hydrogen-bond acceptors (Lipinski definition) is 2. The average molecular weight is 175 g/mol. The van der Waals surface area contributed by atoms with Crippen molar-refractivity contribution in [3.05, 3.63) is 30.7 Å². The molecule has 13 heavy (non-hydrogen) atoms. The van der Waals surface area contributed by atoms with Gasteiger partial charge >= 0.3 is 0 Å². The van der Waals surface area contributed by atoms with Crippen LogP contribution < -0.4 is 5.32 Å². The summed E-state index contributed by atoms with van der Waals surface area (Å²) in [4.78, 5) is 4.29. The zero-order chi connectivity index (χ0) is 9.26. The predicted molar refractivity (Wildman–Crippen MR) is 54.0 cm³/mol. The van der Waals surface area contributed by atoms with Crippen molar-refractivity contribution < 1.29 is 0 Å². The maximum Gasteiger partial charge on any atom is 0.152 e. The molecule has 68 valence electrons. The summed E-state index contributed by atoms with van der Waals surface area (Å²) in [7, 11) is 0. The summed E-state index contributed by atoms with van der Waals surface area (Å²) in [6.45, 7) is 4.21. The number of imidazole rings is 1. The van der Waals surface area contributed by atoms with Gasteiger partial charge in [-0.3, -0.25) is 0 Å². The SMILES string of the molecule is CC(C)Nc1ncn2ccccc12. The van der Waals surface area contributed by atoms with Gasteiger partial charge in [0.25, 0.3) is 0 Å². The van der Waals surface area contributed by atoms with Gasteiger partial charge in [0.05, 0.1) is 5.52 Å². The van der Waals surface area contributed by atoms with E-state index >= 15 is 0 Å². The normalized spacial score (nSPS) is 11.0. The fourth-order valence-corrected chi connectivity index (χ4v) is 1.33. The first kappa shape index (κ1) is 8.10. The molecule has 0 aliphatic rings. The Labute approximate surface area is 77.4 Å². The van der Waals surface area contributed by atoms with Gasteiger partial charge in [0.2, 0.25) is 0 Å². The lowest BCUT2D eigenvalue weighted by Crippen LogP contribution is -2.09. The third-order valence-electron chi connectivity index (χ3n) is 1.87. The summed E-state index contributed by atoms with van der Waals surface area (Å²) < 4.78 is 2.00. The minimum atomic E-state index is 0.416. The summed E-state index contributed by atoms with van der Waals surface area (Å²) in [6, 6.07) is 6.48. The van der Waals surface area contributed by atoms with Gasteiger partial charge in [0.1, 0.15) is 6.33 Å². The van der Waals surface area contributed by atoms with E-state index in [-0.39, 0.29) is 0 Å². The molecule has 0 atom stereocenters. The highest BCUT2D eigenvalue weighted by atomic mass is 15.1. The number of anilines is 1. The molecule has 0 saturated carbocycles. The Morgan fingerprint density at radius 3 is 3.00 bits per heavy atom. The first-order chi connectivity index (χ1) is 6.27. The molecule has 0 spiro atoms. The van der Waals surface area contributed by atoms with E-state index in [1.54, 1.807) is 0 Å². The molecule has 2 aromatic heterocycles. The molecule has 3 heteroatoms. The second-order valence-electron chi connectivity index (χ2n) is 3.39. The molecule has 0 amide bonds. The standard InChI is InChI=1S/C10H13N3/c1-8(2)12-10-9-5-3-4-6-13(9)7-11-10/h3-8,12H,1-2H3. The molecule has 0 fully saturated rings. The quantitative estimate of drug-likeness (QED) is 0.757. The van der Waals surface area contributed by atoms with Crippen molar-refractivity contribution in [3.8, 4) is 0 Å². The van der Waals surface area contributed by atoms with Gasteiger partial charge in [0.15, 0.2) is 5.82 Å². The van der Waals surface area contributed by atoms with Crippen molar-refractivity contribution >= 4 is 11.3 Å². The van der Waals surface area contributed by atoms with Gasteiger partial charge in [-0.2, -0.15) is 0 Å². The van der Waals surface area contributed by atoms with Crippen LogP contribution >= 0.6 is 0 Å². The Morgan fingerprint density at radius 1 is 1.38 bits per heavy atom. The molecule has 2 aromatic rings. The van der Waals surface area contributed by atoms with Gasteiger partial charge in [-0.15, -0.1) is 0 Å². The monoisotopic (exact) mass is 175 g/mol. The topological polar surface area (TPSA) is 29.3 Å². The Bertz CT molecular complexity index is 403. The van der Waals surface area contributed by atoms with Crippen LogP contribution in [0, 0.1) is 0 Å². The summed E-state index contributed by atoms with van der Waals surface area (Å²) in [5.74, 6) is 0.954.